The second kappa shape index (κ2) is 41.8. The monoisotopic (exact) mass is 824 g/mol. The van der Waals surface area contributed by atoms with E-state index in [0.29, 0.717) is 13.0 Å². The molecule has 0 amide bonds. The Bertz CT molecular complexity index is 1140. The second-order valence-electron chi connectivity index (χ2n) is 14.8. The van der Waals surface area contributed by atoms with Gasteiger partial charge in [-0.3, -0.25) is 18.6 Å². The van der Waals surface area contributed by atoms with E-state index in [1.165, 1.54) is 77.0 Å². The Labute approximate surface area is 347 Å². The summed E-state index contributed by atoms with van der Waals surface area (Å²) in [6, 6.07) is -1.48. The molecule has 0 rings (SSSR count). The lowest BCUT2D eigenvalue weighted by atomic mass is 10.1. The van der Waals surface area contributed by atoms with Crippen LogP contribution >= 0.6 is 7.82 Å². The third-order valence-corrected chi connectivity index (χ3v) is 10.2. The van der Waals surface area contributed by atoms with Crippen LogP contribution in [0.1, 0.15) is 181 Å². The summed E-state index contributed by atoms with van der Waals surface area (Å²) >= 11 is 0. The van der Waals surface area contributed by atoms with Crippen LogP contribution in [0.2, 0.25) is 0 Å². The SMILES string of the molecule is CC/C=C\C/C=C\C/C=C\C/C=C\CCCCCCCCCCC(=O)OC(COCCCCCCCC/C=C\CCCCCC)COP(=O)(O)OCC(N)C(=O)O. The molecule has 0 aromatic rings. The summed E-state index contributed by atoms with van der Waals surface area (Å²) in [6.45, 7) is 3.73. The fourth-order valence-corrected chi connectivity index (χ4v) is 6.60. The molecular weight excluding hydrogens is 741 g/mol. The standard InChI is InChI=1S/C46H82NO9P/c1-3-5-7-9-11-13-15-17-19-20-21-22-23-24-25-26-28-30-32-34-36-38-45(48)56-43(41-54-57(51,52)55-42-44(47)46(49)50)40-53-39-37-35-33-31-29-27-18-16-14-12-10-8-6-4-2/h5,7,11,13-14,16-17,19,21-22,43-44H,3-4,6,8-10,12,15,18,20,23-42,47H2,1-2H3,(H,49,50)(H,51,52)/b7-5-,13-11-,16-14-,19-17-,22-21-. The maximum Gasteiger partial charge on any atom is 0.472 e. The number of phosphoric ester groups is 1. The number of esters is 1. The third-order valence-electron chi connectivity index (χ3n) is 9.28. The van der Waals surface area contributed by atoms with Crippen molar-refractivity contribution >= 4 is 19.8 Å². The van der Waals surface area contributed by atoms with Crippen LogP contribution < -0.4 is 5.73 Å². The number of carboxylic acids is 1. The predicted octanol–water partition coefficient (Wildman–Crippen LogP) is 12.4. The molecule has 10 nitrogen and oxygen atoms in total. The molecule has 0 aliphatic heterocycles. The van der Waals surface area contributed by atoms with E-state index in [-0.39, 0.29) is 13.0 Å². The van der Waals surface area contributed by atoms with Crippen molar-refractivity contribution in [3.05, 3.63) is 60.8 Å². The van der Waals surface area contributed by atoms with Crippen LogP contribution in [-0.2, 0) is 32.7 Å². The van der Waals surface area contributed by atoms with Crippen LogP contribution in [0.4, 0.5) is 0 Å². The average Bonchev–Trinajstić information content (AvgIpc) is 3.19. The molecule has 0 saturated heterocycles. The summed E-state index contributed by atoms with van der Waals surface area (Å²) in [7, 11) is -4.62. The number of carboxylic acid groups (broad SMARTS) is 1. The zero-order chi connectivity index (χ0) is 41.9. The molecule has 0 spiro atoms. The molecular formula is C46H82NO9P. The summed E-state index contributed by atoms with van der Waals surface area (Å²) < 4.78 is 33.4. The lowest BCUT2D eigenvalue weighted by Gasteiger charge is -2.20. The van der Waals surface area contributed by atoms with E-state index in [1.807, 2.05) is 0 Å². The minimum absolute atomic E-state index is 0.00738. The van der Waals surface area contributed by atoms with Gasteiger partial charge in [-0.25, -0.2) is 4.57 Å². The average molecular weight is 824 g/mol. The van der Waals surface area contributed by atoms with Crippen LogP contribution in [0.5, 0.6) is 0 Å². The molecule has 4 N–H and O–H groups in total. The zero-order valence-corrected chi connectivity index (χ0v) is 36.8. The van der Waals surface area contributed by atoms with Gasteiger partial charge in [-0.2, -0.15) is 0 Å². The summed E-state index contributed by atoms with van der Waals surface area (Å²) in [4.78, 5) is 33.6. The van der Waals surface area contributed by atoms with Crippen molar-refractivity contribution < 1.29 is 42.7 Å². The van der Waals surface area contributed by atoms with Gasteiger partial charge in [0.1, 0.15) is 12.1 Å². The molecule has 330 valence electrons. The molecule has 3 atom stereocenters. The molecule has 0 aromatic heterocycles. The molecule has 11 heteroatoms. The minimum atomic E-state index is -4.62. The van der Waals surface area contributed by atoms with Gasteiger partial charge in [-0.05, 0) is 77.0 Å². The number of ether oxygens (including phenoxy) is 2. The minimum Gasteiger partial charge on any atom is -0.480 e. The van der Waals surface area contributed by atoms with E-state index in [4.69, 9.17) is 29.4 Å². The number of carbonyl (C=O) groups is 2. The molecule has 0 aliphatic carbocycles. The van der Waals surface area contributed by atoms with Gasteiger partial charge in [-0.1, -0.05) is 158 Å². The van der Waals surface area contributed by atoms with Crippen molar-refractivity contribution in [1.82, 2.24) is 0 Å². The number of phosphoric acid groups is 1. The van der Waals surface area contributed by atoms with E-state index in [2.05, 4.69) is 74.6 Å². The highest BCUT2D eigenvalue weighted by Crippen LogP contribution is 2.43. The first-order chi connectivity index (χ1) is 27.7. The van der Waals surface area contributed by atoms with Crippen LogP contribution in [0.15, 0.2) is 60.8 Å². The number of rotatable bonds is 42. The van der Waals surface area contributed by atoms with Crippen molar-refractivity contribution in [2.45, 2.75) is 193 Å². The van der Waals surface area contributed by atoms with Crippen LogP contribution in [0.25, 0.3) is 0 Å². The molecule has 0 bridgehead atoms. The predicted molar refractivity (Wildman–Crippen MR) is 235 cm³/mol. The Hall–Kier alpha value is -2.33. The van der Waals surface area contributed by atoms with Crippen LogP contribution in [0.3, 0.4) is 0 Å². The quantitative estimate of drug-likeness (QED) is 0.0234. The van der Waals surface area contributed by atoms with Crippen LogP contribution in [0, 0.1) is 0 Å². The molecule has 57 heavy (non-hydrogen) atoms. The number of nitrogens with two attached hydrogens (primary N) is 1. The number of hydrogen-bond donors (Lipinski definition) is 3. The van der Waals surface area contributed by atoms with E-state index < -0.39 is 45.1 Å². The fraction of sp³-hybridized carbons (Fsp3) is 0.739. The van der Waals surface area contributed by atoms with Gasteiger partial charge in [-0.15, -0.1) is 0 Å². The second-order valence-corrected chi connectivity index (χ2v) is 16.2. The Morgan fingerprint density at radius 3 is 1.54 bits per heavy atom. The zero-order valence-electron chi connectivity index (χ0n) is 35.9. The van der Waals surface area contributed by atoms with Gasteiger partial charge in [0.15, 0.2) is 0 Å². The normalized spacial score (nSPS) is 14.5. The van der Waals surface area contributed by atoms with Crippen LogP contribution in [-0.4, -0.2) is 60.5 Å². The van der Waals surface area contributed by atoms with Gasteiger partial charge in [0.25, 0.3) is 0 Å². The first kappa shape index (κ1) is 54.7. The van der Waals surface area contributed by atoms with Gasteiger partial charge in [0, 0.05) is 13.0 Å². The van der Waals surface area contributed by atoms with Gasteiger partial charge >= 0.3 is 19.8 Å². The Kier molecular flexibility index (Phi) is 40.1. The van der Waals surface area contributed by atoms with Gasteiger partial charge < -0.3 is 25.2 Å². The topological polar surface area (TPSA) is 155 Å². The number of aliphatic carboxylic acids is 1. The van der Waals surface area contributed by atoms with E-state index in [9.17, 15) is 19.0 Å². The smallest absolute Gasteiger partial charge is 0.472 e. The summed E-state index contributed by atoms with van der Waals surface area (Å²) in [6.07, 6.45) is 49.8. The molecule has 0 radical (unpaired) electrons. The molecule has 0 aliphatic rings. The number of carbonyl (C=O) groups excluding carboxylic acids is 1. The highest BCUT2D eigenvalue weighted by atomic mass is 31.2. The highest BCUT2D eigenvalue weighted by Gasteiger charge is 2.27. The molecule has 0 aromatic carbocycles. The van der Waals surface area contributed by atoms with Gasteiger partial charge in [0.05, 0.1) is 19.8 Å². The molecule has 0 fully saturated rings. The number of unbranched alkanes of at least 4 members (excludes halogenated alkanes) is 18. The van der Waals surface area contributed by atoms with E-state index >= 15 is 0 Å². The Morgan fingerprint density at radius 1 is 0.579 bits per heavy atom. The Balaban J connectivity index is 4.23. The number of allylic oxidation sites excluding steroid dienone is 10. The maximum atomic E-state index is 12.6. The lowest BCUT2D eigenvalue weighted by Crippen LogP contribution is -2.34. The lowest BCUT2D eigenvalue weighted by molar-refractivity contribution is -0.154. The highest BCUT2D eigenvalue weighted by molar-refractivity contribution is 7.47. The molecule has 3 unspecified atom stereocenters. The van der Waals surface area contributed by atoms with E-state index in [0.717, 1.165) is 77.0 Å². The first-order valence-electron chi connectivity index (χ1n) is 22.3. The molecule has 0 heterocycles. The van der Waals surface area contributed by atoms with Crippen molar-refractivity contribution in [1.29, 1.82) is 0 Å². The Morgan fingerprint density at radius 2 is 1.02 bits per heavy atom. The summed E-state index contributed by atoms with van der Waals surface area (Å²) in [5.41, 5.74) is 5.36. The van der Waals surface area contributed by atoms with Gasteiger partial charge in [0.2, 0.25) is 0 Å². The van der Waals surface area contributed by atoms with Crippen molar-refractivity contribution in [3.8, 4) is 0 Å². The maximum absolute atomic E-state index is 12.6. The van der Waals surface area contributed by atoms with E-state index in [1.54, 1.807) is 0 Å². The van der Waals surface area contributed by atoms with Crippen molar-refractivity contribution in [2.24, 2.45) is 5.73 Å². The van der Waals surface area contributed by atoms with Crippen molar-refractivity contribution in [2.75, 3.05) is 26.4 Å². The summed E-state index contributed by atoms with van der Waals surface area (Å²) in [5.74, 6) is -1.79. The third kappa shape index (κ3) is 41.6. The molecule has 0 saturated carbocycles. The van der Waals surface area contributed by atoms with Crippen molar-refractivity contribution in [3.63, 3.8) is 0 Å². The first-order valence-corrected chi connectivity index (χ1v) is 23.8. The summed E-state index contributed by atoms with van der Waals surface area (Å²) in [5, 5.41) is 8.90. The largest absolute Gasteiger partial charge is 0.480 e. The fourth-order valence-electron chi connectivity index (χ4n) is 5.82. The number of hydrogen-bond acceptors (Lipinski definition) is 8.